The summed E-state index contributed by atoms with van der Waals surface area (Å²) in [6.07, 6.45) is 1.46. The largest absolute Gasteiger partial charge is 0.297 e. The van der Waals surface area contributed by atoms with E-state index >= 15 is 0 Å². The fraction of sp³-hybridized carbons (Fsp3) is 0.375. The fourth-order valence-electron chi connectivity index (χ4n) is 4.11. The molecule has 0 atom stereocenters. The Balaban J connectivity index is 1.69. The molecule has 0 amide bonds. The molecule has 34 heavy (non-hydrogen) atoms. The third-order valence-electron chi connectivity index (χ3n) is 5.76. The molecule has 4 aromatic rings. The molecule has 1 N–H and O–H groups in total. The molecular weight excluding hydrogens is 450 g/mol. The Hall–Kier alpha value is -3.42. The van der Waals surface area contributed by atoms with E-state index in [9.17, 15) is 14.9 Å². The highest BCUT2D eigenvalue weighted by Crippen LogP contribution is 2.22. The number of para-hydroxylation sites is 1. The number of fused-ring (bicyclic) bond motifs is 2. The van der Waals surface area contributed by atoms with Gasteiger partial charge in [0.1, 0.15) is 11.6 Å². The van der Waals surface area contributed by atoms with Crippen LogP contribution >= 0.6 is 11.8 Å². The Morgan fingerprint density at radius 3 is 2.59 bits per heavy atom. The van der Waals surface area contributed by atoms with Gasteiger partial charge < -0.3 is 0 Å². The van der Waals surface area contributed by atoms with Gasteiger partial charge in [0.2, 0.25) is 0 Å². The molecule has 0 bridgehead atoms. The number of thioether (sulfide) groups is 1. The topological polar surface area (TPSA) is 112 Å². The molecule has 0 aliphatic carbocycles. The molecule has 0 aliphatic heterocycles. The average Bonchev–Trinajstić information content (AvgIpc) is 3.22. The maximum absolute atomic E-state index is 13.4. The van der Waals surface area contributed by atoms with E-state index in [4.69, 9.17) is 4.98 Å². The summed E-state index contributed by atoms with van der Waals surface area (Å²) in [5, 5.41) is 13.2. The number of H-pyrrole nitrogens is 1. The van der Waals surface area contributed by atoms with E-state index < -0.39 is 0 Å². The van der Waals surface area contributed by atoms with Gasteiger partial charge in [-0.25, -0.2) is 14.5 Å². The van der Waals surface area contributed by atoms with Crippen molar-refractivity contribution in [3.8, 4) is 6.07 Å². The van der Waals surface area contributed by atoms with Gasteiger partial charge in [-0.2, -0.15) is 5.26 Å². The molecule has 0 spiro atoms. The van der Waals surface area contributed by atoms with Gasteiger partial charge >= 0.3 is 0 Å². The summed E-state index contributed by atoms with van der Waals surface area (Å²) in [4.78, 5) is 37.4. The van der Waals surface area contributed by atoms with Crippen molar-refractivity contribution in [3.63, 3.8) is 0 Å². The molecule has 9 nitrogen and oxygen atoms in total. The quantitative estimate of drug-likeness (QED) is 0.307. The van der Waals surface area contributed by atoms with Crippen molar-refractivity contribution in [2.75, 3.05) is 6.54 Å². The molecule has 0 fully saturated rings. The van der Waals surface area contributed by atoms with E-state index in [2.05, 4.69) is 42.7 Å². The lowest BCUT2D eigenvalue weighted by atomic mass is 10.2. The van der Waals surface area contributed by atoms with Gasteiger partial charge in [-0.3, -0.25) is 24.2 Å². The highest BCUT2D eigenvalue weighted by Gasteiger charge is 2.17. The number of rotatable bonds is 8. The van der Waals surface area contributed by atoms with Gasteiger partial charge in [-0.1, -0.05) is 23.9 Å². The van der Waals surface area contributed by atoms with Crippen LogP contribution in [-0.2, 0) is 12.3 Å². The predicted octanol–water partition coefficient (Wildman–Crippen LogP) is 3.02. The van der Waals surface area contributed by atoms with E-state index in [0.717, 1.165) is 0 Å². The zero-order valence-electron chi connectivity index (χ0n) is 19.6. The van der Waals surface area contributed by atoms with Crippen LogP contribution in [0.4, 0.5) is 0 Å². The van der Waals surface area contributed by atoms with Crippen LogP contribution in [0.2, 0.25) is 0 Å². The number of nitrogens with zero attached hydrogens (tertiary/aromatic N) is 6. The van der Waals surface area contributed by atoms with E-state index in [0.29, 0.717) is 63.9 Å². The summed E-state index contributed by atoms with van der Waals surface area (Å²) >= 11 is 1.36. The third-order valence-corrected chi connectivity index (χ3v) is 6.77. The summed E-state index contributed by atoms with van der Waals surface area (Å²) in [5.74, 6) is 0.338. The van der Waals surface area contributed by atoms with Crippen LogP contribution in [0.25, 0.3) is 16.6 Å². The molecule has 10 heteroatoms. The standard InChI is InChI=1S/C24H27N7O2S/c1-15(2)29(16(3)4)9-10-30-23(33)19-7-5-6-8-20(19)28-24(30)34-14-18-11-21(32)31-22(27-18)17(12-25)13-26-31/h5-8,11,13,15-16,26H,9-10,14H2,1-4H3. The van der Waals surface area contributed by atoms with Crippen LogP contribution < -0.4 is 11.1 Å². The first-order valence-corrected chi connectivity index (χ1v) is 12.2. The molecule has 0 saturated carbocycles. The smallest absolute Gasteiger partial charge is 0.272 e. The highest BCUT2D eigenvalue weighted by molar-refractivity contribution is 7.98. The second kappa shape index (κ2) is 9.83. The average molecular weight is 478 g/mol. The van der Waals surface area contributed by atoms with Crippen LogP contribution in [0.15, 0.2) is 51.3 Å². The maximum atomic E-state index is 13.4. The number of nitriles is 1. The molecule has 0 unspecified atom stereocenters. The summed E-state index contributed by atoms with van der Waals surface area (Å²) in [6.45, 7) is 9.80. The van der Waals surface area contributed by atoms with Gasteiger partial charge in [0.15, 0.2) is 10.8 Å². The lowest BCUT2D eigenvalue weighted by Crippen LogP contribution is -2.40. The van der Waals surface area contributed by atoms with E-state index in [1.807, 2.05) is 24.3 Å². The Morgan fingerprint density at radius 2 is 1.88 bits per heavy atom. The Morgan fingerprint density at radius 1 is 1.15 bits per heavy atom. The molecule has 176 valence electrons. The lowest BCUT2D eigenvalue weighted by Gasteiger charge is -2.30. The molecule has 0 radical (unpaired) electrons. The van der Waals surface area contributed by atoms with Crippen molar-refractivity contribution in [1.29, 1.82) is 5.26 Å². The number of hydrogen-bond donors (Lipinski definition) is 1. The van der Waals surface area contributed by atoms with Crippen molar-refractivity contribution in [2.24, 2.45) is 0 Å². The summed E-state index contributed by atoms with van der Waals surface area (Å²) < 4.78 is 2.95. The van der Waals surface area contributed by atoms with Crippen molar-refractivity contribution < 1.29 is 0 Å². The van der Waals surface area contributed by atoms with Crippen LogP contribution in [0.5, 0.6) is 0 Å². The second-order valence-electron chi connectivity index (χ2n) is 8.63. The molecule has 0 aliphatic rings. The minimum Gasteiger partial charge on any atom is -0.297 e. The summed E-state index contributed by atoms with van der Waals surface area (Å²) in [6, 6.07) is 11.5. The third kappa shape index (κ3) is 4.62. The number of nitrogens with one attached hydrogen (secondary N) is 1. The van der Waals surface area contributed by atoms with Crippen molar-refractivity contribution in [2.45, 2.75) is 57.2 Å². The first-order chi connectivity index (χ1) is 16.3. The van der Waals surface area contributed by atoms with E-state index in [1.54, 1.807) is 10.6 Å². The van der Waals surface area contributed by atoms with Gasteiger partial charge in [0.25, 0.3) is 11.1 Å². The zero-order valence-corrected chi connectivity index (χ0v) is 20.5. The van der Waals surface area contributed by atoms with E-state index in [-0.39, 0.29) is 11.1 Å². The SMILES string of the molecule is CC(C)N(CCn1c(SCc2cc(=O)n3[nH]cc(C#N)c3n2)nc2ccccc2c1=O)C(C)C. The minimum atomic E-state index is -0.296. The van der Waals surface area contributed by atoms with Crippen LogP contribution in [0, 0.1) is 11.3 Å². The van der Waals surface area contributed by atoms with Gasteiger partial charge in [-0.05, 0) is 39.8 Å². The molecular formula is C24H27N7O2S. The Labute approximate surface area is 201 Å². The van der Waals surface area contributed by atoms with Gasteiger partial charge in [0, 0.05) is 43.2 Å². The van der Waals surface area contributed by atoms with Crippen LogP contribution in [0.1, 0.15) is 39.0 Å². The Kier molecular flexibility index (Phi) is 6.86. The van der Waals surface area contributed by atoms with Gasteiger partial charge in [0.05, 0.1) is 16.6 Å². The maximum Gasteiger partial charge on any atom is 0.272 e. The van der Waals surface area contributed by atoms with Crippen molar-refractivity contribution >= 4 is 28.3 Å². The number of benzene rings is 1. The summed E-state index contributed by atoms with van der Waals surface area (Å²) in [7, 11) is 0. The molecule has 3 heterocycles. The fourth-order valence-corrected chi connectivity index (χ4v) is 5.02. The second-order valence-corrected chi connectivity index (χ2v) is 9.57. The minimum absolute atomic E-state index is 0.0820. The number of aromatic amines is 1. The first-order valence-electron chi connectivity index (χ1n) is 11.2. The van der Waals surface area contributed by atoms with E-state index in [1.165, 1.54) is 28.5 Å². The number of hydrogen-bond acceptors (Lipinski definition) is 7. The normalized spacial score (nSPS) is 11.8. The van der Waals surface area contributed by atoms with Crippen LogP contribution in [0.3, 0.4) is 0 Å². The van der Waals surface area contributed by atoms with Gasteiger partial charge in [-0.15, -0.1) is 0 Å². The zero-order chi connectivity index (χ0) is 24.4. The predicted molar refractivity (Wildman–Crippen MR) is 133 cm³/mol. The first kappa shape index (κ1) is 23.7. The molecule has 0 saturated heterocycles. The number of aromatic nitrogens is 5. The molecule has 1 aromatic carbocycles. The van der Waals surface area contributed by atoms with Crippen molar-refractivity contribution in [1.82, 2.24) is 29.0 Å². The highest BCUT2D eigenvalue weighted by atomic mass is 32.2. The van der Waals surface area contributed by atoms with Crippen molar-refractivity contribution in [3.05, 3.63) is 68.5 Å². The summed E-state index contributed by atoms with van der Waals surface area (Å²) in [5.41, 5.74) is 1.37. The lowest BCUT2D eigenvalue weighted by molar-refractivity contribution is 0.166. The monoisotopic (exact) mass is 477 g/mol. The Bertz CT molecular complexity index is 1490. The molecule has 3 aromatic heterocycles. The molecule has 4 rings (SSSR count). The van der Waals surface area contributed by atoms with Crippen LogP contribution in [-0.4, -0.2) is 47.7 Å².